The number of aromatic carboxylic acids is 1. The smallest absolute Gasteiger partial charge is 0.455 e. The summed E-state index contributed by atoms with van der Waals surface area (Å²) in [5.74, 6) is -3.23. The summed E-state index contributed by atoms with van der Waals surface area (Å²) in [4.78, 5) is 14.0. The Morgan fingerprint density at radius 2 is 1.94 bits per heavy atom. The van der Waals surface area contributed by atoms with Crippen LogP contribution in [0.3, 0.4) is 0 Å². The van der Waals surface area contributed by atoms with Crippen LogP contribution in [-0.2, 0) is 6.18 Å². The number of hydrogen-bond donors (Lipinski definition) is 1. The lowest BCUT2D eigenvalue weighted by Crippen LogP contribution is -2.07. The van der Waals surface area contributed by atoms with Crippen LogP contribution < -0.4 is 0 Å². The minimum absolute atomic E-state index is 0.0620. The van der Waals surface area contributed by atoms with Gasteiger partial charge in [0.2, 0.25) is 0 Å². The van der Waals surface area contributed by atoms with Crippen LogP contribution in [0, 0.1) is 0 Å². The van der Waals surface area contributed by atoms with Crippen LogP contribution in [0.4, 0.5) is 13.2 Å². The Hall–Kier alpha value is -2.38. The van der Waals surface area contributed by atoms with Crippen LogP contribution in [0.25, 0.3) is 11.5 Å². The van der Waals surface area contributed by atoms with E-state index in [4.69, 9.17) is 5.11 Å². The molecular weight excluding hydrogens is 253 g/mol. The van der Waals surface area contributed by atoms with Gasteiger partial charge in [-0.3, -0.25) is 0 Å². The second-order valence-electron chi connectivity index (χ2n) is 3.27. The quantitative estimate of drug-likeness (QED) is 0.895. The third kappa shape index (κ3) is 2.17. The lowest BCUT2D eigenvalue weighted by molar-refractivity contribution is -0.146. The zero-order valence-electron chi connectivity index (χ0n) is 8.60. The monoisotopic (exact) mass is 258 g/mol. The second kappa shape index (κ2) is 4.13. The summed E-state index contributed by atoms with van der Waals surface area (Å²) in [5, 5.41) is 11.6. The number of alkyl halides is 3. The minimum atomic E-state index is -4.74. The highest BCUT2D eigenvalue weighted by Gasteiger charge is 2.37. The minimum Gasteiger partial charge on any atom is -0.478 e. The summed E-state index contributed by atoms with van der Waals surface area (Å²) in [6, 6.07) is 5.42. The molecule has 0 aliphatic rings. The first-order chi connectivity index (χ1) is 8.39. The summed E-state index contributed by atoms with van der Waals surface area (Å²) < 4.78 is 41.2. The number of carboxylic acid groups (broad SMARTS) is 1. The highest BCUT2D eigenvalue weighted by molar-refractivity contribution is 5.94. The lowest BCUT2D eigenvalue weighted by atomic mass is 10.1. The van der Waals surface area contributed by atoms with Gasteiger partial charge in [-0.25, -0.2) is 4.79 Å². The fraction of sp³-hybridized carbons (Fsp3) is 0.100. The molecule has 0 spiro atoms. The predicted molar refractivity (Wildman–Crippen MR) is 51.7 cm³/mol. The highest BCUT2D eigenvalue weighted by Crippen LogP contribution is 2.29. The van der Waals surface area contributed by atoms with E-state index >= 15 is 0 Å². The number of rotatable bonds is 2. The fourth-order valence-electron chi connectivity index (χ4n) is 1.30. The molecule has 0 atom stereocenters. The van der Waals surface area contributed by atoms with Gasteiger partial charge >= 0.3 is 12.1 Å². The number of carboxylic acids is 1. The maximum Gasteiger partial charge on any atom is 0.455 e. The van der Waals surface area contributed by atoms with Crippen LogP contribution in [0.15, 0.2) is 28.8 Å². The van der Waals surface area contributed by atoms with Gasteiger partial charge in [0, 0.05) is 0 Å². The molecule has 1 N–H and O–H groups in total. The maximum atomic E-state index is 12.3. The van der Waals surface area contributed by atoms with Crippen molar-refractivity contribution < 1.29 is 27.6 Å². The van der Waals surface area contributed by atoms with E-state index in [-0.39, 0.29) is 11.1 Å². The van der Waals surface area contributed by atoms with Gasteiger partial charge in [-0.2, -0.15) is 18.2 Å². The van der Waals surface area contributed by atoms with Gasteiger partial charge < -0.3 is 9.63 Å². The first-order valence-corrected chi connectivity index (χ1v) is 4.63. The Bertz CT molecular complexity index is 592. The summed E-state index contributed by atoms with van der Waals surface area (Å²) in [6.07, 6.45) is -4.74. The summed E-state index contributed by atoms with van der Waals surface area (Å²) >= 11 is 0. The molecule has 0 radical (unpaired) electrons. The molecule has 2 aromatic rings. The summed E-state index contributed by atoms with van der Waals surface area (Å²) in [7, 11) is 0. The number of carbonyl (C=O) groups is 1. The molecule has 18 heavy (non-hydrogen) atoms. The van der Waals surface area contributed by atoms with Gasteiger partial charge in [0.15, 0.2) is 0 Å². The third-order valence-electron chi connectivity index (χ3n) is 2.07. The van der Waals surface area contributed by atoms with Crippen molar-refractivity contribution in [1.29, 1.82) is 0 Å². The summed E-state index contributed by atoms with van der Waals surface area (Å²) in [5.41, 5.74) is -0.275. The Morgan fingerprint density at radius 3 is 2.50 bits per heavy atom. The van der Waals surface area contributed by atoms with Crippen LogP contribution in [0.5, 0.6) is 0 Å². The van der Waals surface area contributed by atoms with Crippen molar-refractivity contribution in [2.45, 2.75) is 6.18 Å². The standard InChI is InChI=1S/C10H5F3N2O3/c11-10(12,13)9-14-7(18-15-9)5-3-1-2-4-6(5)8(16)17/h1-4H,(H,16,17). The average molecular weight is 258 g/mol. The number of benzene rings is 1. The molecule has 0 fully saturated rings. The zero-order valence-corrected chi connectivity index (χ0v) is 8.60. The number of hydrogen-bond acceptors (Lipinski definition) is 4. The molecule has 1 aromatic heterocycles. The van der Waals surface area contributed by atoms with E-state index in [1.165, 1.54) is 24.3 Å². The van der Waals surface area contributed by atoms with E-state index < -0.39 is 23.9 Å². The SMILES string of the molecule is O=C(O)c1ccccc1-c1nc(C(F)(F)F)no1. The largest absolute Gasteiger partial charge is 0.478 e. The van der Waals surface area contributed by atoms with Gasteiger partial charge in [-0.1, -0.05) is 17.3 Å². The fourth-order valence-corrected chi connectivity index (χ4v) is 1.30. The highest BCUT2D eigenvalue weighted by atomic mass is 19.4. The van der Waals surface area contributed by atoms with Crippen LogP contribution in [-0.4, -0.2) is 21.2 Å². The lowest BCUT2D eigenvalue weighted by Gasteiger charge is -2.00. The van der Waals surface area contributed by atoms with Gasteiger partial charge in [0.25, 0.3) is 11.7 Å². The van der Waals surface area contributed by atoms with Crippen LogP contribution in [0.1, 0.15) is 16.2 Å². The Labute approximate surface area is 97.9 Å². The molecular formula is C10H5F3N2O3. The van der Waals surface area contributed by atoms with E-state index in [2.05, 4.69) is 14.7 Å². The Kier molecular flexibility index (Phi) is 2.77. The molecule has 5 nitrogen and oxygen atoms in total. The van der Waals surface area contributed by atoms with Crippen molar-refractivity contribution in [2.24, 2.45) is 0 Å². The van der Waals surface area contributed by atoms with Crippen molar-refractivity contribution in [1.82, 2.24) is 10.1 Å². The normalized spacial score (nSPS) is 11.5. The molecule has 1 heterocycles. The van der Waals surface area contributed by atoms with E-state index in [9.17, 15) is 18.0 Å². The predicted octanol–water partition coefficient (Wildman–Crippen LogP) is 2.45. The second-order valence-corrected chi connectivity index (χ2v) is 3.27. The van der Waals surface area contributed by atoms with Gasteiger partial charge in [0.05, 0.1) is 11.1 Å². The molecule has 0 aliphatic carbocycles. The van der Waals surface area contributed by atoms with Gasteiger partial charge in [-0.15, -0.1) is 0 Å². The van der Waals surface area contributed by atoms with E-state index in [1.54, 1.807) is 0 Å². The molecule has 0 bridgehead atoms. The Morgan fingerprint density at radius 1 is 1.28 bits per heavy atom. The maximum absolute atomic E-state index is 12.3. The molecule has 0 saturated heterocycles. The molecule has 0 saturated carbocycles. The molecule has 1 aromatic carbocycles. The molecule has 2 rings (SSSR count). The van der Waals surface area contributed by atoms with E-state index in [0.717, 1.165) is 0 Å². The number of nitrogens with zero attached hydrogens (tertiary/aromatic N) is 2. The molecule has 0 aliphatic heterocycles. The average Bonchev–Trinajstić information content (AvgIpc) is 2.77. The molecule has 0 unspecified atom stereocenters. The van der Waals surface area contributed by atoms with Crippen LogP contribution >= 0.6 is 0 Å². The topological polar surface area (TPSA) is 76.2 Å². The molecule has 94 valence electrons. The number of aromatic nitrogens is 2. The molecule has 8 heteroatoms. The van der Waals surface area contributed by atoms with Crippen molar-refractivity contribution in [3.63, 3.8) is 0 Å². The van der Waals surface area contributed by atoms with E-state index in [1.807, 2.05) is 0 Å². The third-order valence-corrected chi connectivity index (χ3v) is 2.07. The van der Waals surface area contributed by atoms with Gasteiger partial charge in [0.1, 0.15) is 0 Å². The summed E-state index contributed by atoms with van der Waals surface area (Å²) in [6.45, 7) is 0. The number of halogens is 3. The van der Waals surface area contributed by atoms with Crippen molar-refractivity contribution >= 4 is 5.97 Å². The zero-order chi connectivity index (χ0) is 13.3. The van der Waals surface area contributed by atoms with Crippen molar-refractivity contribution in [2.75, 3.05) is 0 Å². The van der Waals surface area contributed by atoms with Crippen LogP contribution in [0.2, 0.25) is 0 Å². The molecule has 0 amide bonds. The Balaban J connectivity index is 2.50. The van der Waals surface area contributed by atoms with Crippen molar-refractivity contribution in [3.8, 4) is 11.5 Å². The first kappa shape index (κ1) is 12.1. The van der Waals surface area contributed by atoms with Gasteiger partial charge in [-0.05, 0) is 12.1 Å². The van der Waals surface area contributed by atoms with Crippen molar-refractivity contribution in [3.05, 3.63) is 35.7 Å². The first-order valence-electron chi connectivity index (χ1n) is 4.63. The van der Waals surface area contributed by atoms with E-state index in [0.29, 0.717) is 0 Å².